The number of Topliss-reactive ketones (excluding diaryl/α,β-unsaturated/α-hetero) is 1. The molecule has 0 bridgehead atoms. The van der Waals surface area contributed by atoms with Gasteiger partial charge in [0.25, 0.3) is 5.69 Å². The van der Waals surface area contributed by atoms with E-state index >= 15 is 0 Å². The second-order valence-electron chi connectivity index (χ2n) is 5.06. The Hall–Kier alpha value is -2.70. The summed E-state index contributed by atoms with van der Waals surface area (Å²) in [5, 5.41) is 18.2. The number of anilines is 1. The number of nitrogens with one attached hydrogen (secondary N) is 1. The molecular formula is C14H14N4O3. The molecule has 0 aliphatic carbocycles. The topological polar surface area (TPSA) is 92.1 Å². The van der Waals surface area contributed by atoms with E-state index in [0.717, 1.165) is 17.7 Å². The van der Waals surface area contributed by atoms with Gasteiger partial charge in [-0.05, 0) is 19.1 Å². The molecule has 0 amide bonds. The molecule has 1 aromatic carbocycles. The molecule has 0 fully saturated rings. The molecule has 2 aromatic rings. The summed E-state index contributed by atoms with van der Waals surface area (Å²) in [6.07, 6.45) is 2.51. The molecule has 0 spiro atoms. The van der Waals surface area contributed by atoms with Crippen molar-refractivity contribution in [1.82, 2.24) is 10.2 Å². The Morgan fingerprint density at radius 1 is 1.48 bits per heavy atom. The molecular weight excluding hydrogens is 272 g/mol. The molecule has 0 atom stereocenters. The predicted molar refractivity (Wildman–Crippen MR) is 76.4 cm³/mol. The van der Waals surface area contributed by atoms with E-state index in [-0.39, 0.29) is 11.5 Å². The Kier molecular flexibility index (Phi) is 3.17. The van der Waals surface area contributed by atoms with Gasteiger partial charge >= 0.3 is 0 Å². The van der Waals surface area contributed by atoms with Gasteiger partial charge in [0.2, 0.25) is 0 Å². The van der Waals surface area contributed by atoms with Crippen LogP contribution >= 0.6 is 0 Å². The van der Waals surface area contributed by atoms with E-state index in [1.54, 1.807) is 18.3 Å². The number of rotatable bonds is 3. The lowest BCUT2D eigenvalue weighted by Crippen LogP contribution is -2.30. The average Bonchev–Trinajstić information content (AvgIpc) is 2.93. The second kappa shape index (κ2) is 5.01. The normalized spacial score (nSPS) is 13.9. The van der Waals surface area contributed by atoms with Gasteiger partial charge in [0.1, 0.15) is 5.69 Å². The van der Waals surface area contributed by atoms with Crippen molar-refractivity contribution in [2.75, 3.05) is 11.4 Å². The van der Waals surface area contributed by atoms with Gasteiger partial charge in [-0.15, -0.1) is 0 Å². The van der Waals surface area contributed by atoms with Crippen molar-refractivity contribution in [2.24, 2.45) is 0 Å². The second-order valence-corrected chi connectivity index (χ2v) is 5.06. The highest BCUT2D eigenvalue weighted by Crippen LogP contribution is 2.32. The van der Waals surface area contributed by atoms with Crippen LogP contribution in [0.4, 0.5) is 11.4 Å². The van der Waals surface area contributed by atoms with Crippen molar-refractivity contribution in [1.29, 1.82) is 0 Å². The smallest absolute Gasteiger partial charge is 0.293 e. The molecule has 7 heteroatoms. The van der Waals surface area contributed by atoms with E-state index in [0.29, 0.717) is 24.3 Å². The highest BCUT2D eigenvalue weighted by atomic mass is 16.6. The number of hydrogen-bond acceptors (Lipinski definition) is 5. The van der Waals surface area contributed by atoms with Gasteiger partial charge in [0, 0.05) is 42.4 Å². The number of hydrogen-bond donors (Lipinski definition) is 1. The Morgan fingerprint density at radius 2 is 2.29 bits per heavy atom. The number of aromatic amines is 1. The molecule has 0 radical (unpaired) electrons. The summed E-state index contributed by atoms with van der Waals surface area (Å²) in [4.78, 5) is 24.2. The third kappa shape index (κ3) is 2.37. The van der Waals surface area contributed by atoms with Crippen LogP contribution in [0.5, 0.6) is 0 Å². The number of fused-ring (bicyclic) bond motifs is 1. The van der Waals surface area contributed by atoms with Crippen LogP contribution in [-0.4, -0.2) is 27.4 Å². The summed E-state index contributed by atoms with van der Waals surface area (Å²) in [6, 6.07) is 4.64. The summed E-state index contributed by atoms with van der Waals surface area (Å²) in [5.41, 5.74) is 2.98. The SMILES string of the molecule is CC(=O)c1ccc(N2CCc3[nH]ncc3C2)c([N+](=O)[O-])c1. The van der Waals surface area contributed by atoms with Crippen LogP contribution in [0.1, 0.15) is 28.5 Å². The number of aromatic nitrogens is 2. The fourth-order valence-corrected chi connectivity index (χ4v) is 2.58. The Morgan fingerprint density at radius 3 is 3.00 bits per heavy atom. The Labute approximate surface area is 120 Å². The van der Waals surface area contributed by atoms with E-state index in [1.807, 2.05) is 4.90 Å². The lowest BCUT2D eigenvalue weighted by Gasteiger charge is -2.28. The van der Waals surface area contributed by atoms with E-state index in [2.05, 4.69) is 10.2 Å². The molecule has 1 aliphatic rings. The van der Waals surface area contributed by atoms with Crippen molar-refractivity contribution in [3.05, 3.63) is 51.3 Å². The van der Waals surface area contributed by atoms with Crippen molar-refractivity contribution in [3.8, 4) is 0 Å². The number of carbonyl (C=O) groups is 1. The lowest BCUT2D eigenvalue weighted by molar-refractivity contribution is -0.384. The van der Waals surface area contributed by atoms with Gasteiger partial charge in [0.15, 0.2) is 5.78 Å². The first-order valence-electron chi connectivity index (χ1n) is 6.61. The number of nitrogens with zero attached hydrogens (tertiary/aromatic N) is 3. The maximum Gasteiger partial charge on any atom is 0.293 e. The minimum absolute atomic E-state index is 0.0327. The minimum atomic E-state index is -0.438. The maximum atomic E-state index is 11.4. The fraction of sp³-hybridized carbons (Fsp3) is 0.286. The Bertz CT molecular complexity index is 723. The van der Waals surface area contributed by atoms with Gasteiger partial charge in [-0.2, -0.15) is 5.10 Å². The summed E-state index contributed by atoms with van der Waals surface area (Å²) < 4.78 is 0. The van der Waals surface area contributed by atoms with Crippen molar-refractivity contribution in [2.45, 2.75) is 19.9 Å². The van der Waals surface area contributed by atoms with Crippen LogP contribution in [-0.2, 0) is 13.0 Å². The third-order valence-electron chi connectivity index (χ3n) is 3.72. The zero-order chi connectivity index (χ0) is 15.0. The molecule has 1 aromatic heterocycles. The third-order valence-corrected chi connectivity index (χ3v) is 3.72. The number of nitro groups is 1. The summed E-state index contributed by atoms with van der Waals surface area (Å²) in [6.45, 7) is 2.65. The maximum absolute atomic E-state index is 11.4. The standard InChI is InChI=1S/C14H14N4O3/c1-9(19)10-2-3-13(14(6-10)18(20)21)17-5-4-12-11(8-17)7-15-16-12/h2-3,6-7H,4-5,8H2,1H3,(H,15,16). The van der Waals surface area contributed by atoms with Crippen LogP contribution in [0, 0.1) is 10.1 Å². The van der Waals surface area contributed by atoms with Gasteiger partial charge in [-0.1, -0.05) is 0 Å². The van der Waals surface area contributed by atoms with Crippen LogP contribution in [0.25, 0.3) is 0 Å². The van der Waals surface area contributed by atoms with E-state index in [4.69, 9.17) is 0 Å². The first kappa shape index (κ1) is 13.3. The molecule has 2 heterocycles. The predicted octanol–water partition coefficient (Wildman–Crippen LogP) is 2.08. The minimum Gasteiger partial charge on any atom is -0.361 e. The number of ketones is 1. The quantitative estimate of drug-likeness (QED) is 0.530. The highest BCUT2D eigenvalue weighted by Gasteiger charge is 2.25. The summed E-state index contributed by atoms with van der Waals surface area (Å²) in [7, 11) is 0. The van der Waals surface area contributed by atoms with Gasteiger partial charge in [-0.3, -0.25) is 20.0 Å². The first-order valence-corrected chi connectivity index (χ1v) is 6.61. The Balaban J connectivity index is 1.99. The molecule has 0 unspecified atom stereocenters. The summed E-state index contributed by atoms with van der Waals surface area (Å²) >= 11 is 0. The largest absolute Gasteiger partial charge is 0.361 e. The number of benzene rings is 1. The molecule has 1 aliphatic heterocycles. The van der Waals surface area contributed by atoms with Crippen LogP contribution in [0.3, 0.4) is 0 Å². The van der Waals surface area contributed by atoms with Crippen LogP contribution in [0.2, 0.25) is 0 Å². The van der Waals surface area contributed by atoms with Crippen molar-refractivity contribution < 1.29 is 9.72 Å². The van der Waals surface area contributed by atoms with Crippen molar-refractivity contribution in [3.63, 3.8) is 0 Å². The fourth-order valence-electron chi connectivity index (χ4n) is 2.58. The van der Waals surface area contributed by atoms with Crippen LogP contribution < -0.4 is 4.90 Å². The van der Waals surface area contributed by atoms with E-state index < -0.39 is 4.92 Å². The van der Waals surface area contributed by atoms with E-state index in [9.17, 15) is 14.9 Å². The lowest BCUT2D eigenvalue weighted by atomic mass is 10.1. The zero-order valence-electron chi connectivity index (χ0n) is 11.5. The molecule has 0 saturated carbocycles. The molecule has 108 valence electrons. The zero-order valence-corrected chi connectivity index (χ0v) is 11.5. The molecule has 21 heavy (non-hydrogen) atoms. The molecule has 1 N–H and O–H groups in total. The van der Waals surface area contributed by atoms with Gasteiger partial charge in [-0.25, -0.2) is 0 Å². The van der Waals surface area contributed by atoms with Crippen LogP contribution in [0.15, 0.2) is 24.4 Å². The molecule has 7 nitrogen and oxygen atoms in total. The van der Waals surface area contributed by atoms with Gasteiger partial charge in [0.05, 0.1) is 11.1 Å². The number of H-pyrrole nitrogens is 1. The van der Waals surface area contributed by atoms with Gasteiger partial charge < -0.3 is 4.90 Å². The molecule has 3 rings (SSSR count). The van der Waals surface area contributed by atoms with Crippen molar-refractivity contribution >= 4 is 17.2 Å². The first-order chi connectivity index (χ1) is 10.1. The monoisotopic (exact) mass is 286 g/mol. The number of nitro benzene ring substituents is 1. The molecule has 0 saturated heterocycles. The highest BCUT2D eigenvalue weighted by molar-refractivity contribution is 5.95. The average molecular weight is 286 g/mol. The van der Waals surface area contributed by atoms with E-state index in [1.165, 1.54) is 13.0 Å². The summed E-state index contributed by atoms with van der Waals surface area (Å²) in [5.74, 6) is -0.180. The number of carbonyl (C=O) groups excluding carboxylic acids is 1.